The predicted molar refractivity (Wildman–Crippen MR) is 128 cm³/mol. The van der Waals surface area contributed by atoms with Gasteiger partial charge in [-0.3, -0.25) is 14.5 Å². The molecule has 7 heteroatoms. The second-order valence-electron chi connectivity index (χ2n) is 9.72. The van der Waals surface area contributed by atoms with E-state index in [4.69, 9.17) is 0 Å². The first kappa shape index (κ1) is 28.1. The number of carboxylic acid groups (broad SMARTS) is 1. The van der Waals surface area contributed by atoms with Gasteiger partial charge in [0.2, 0.25) is 11.8 Å². The Morgan fingerprint density at radius 1 is 1.12 bits per heavy atom. The Kier molecular flexibility index (Phi) is 11.4. The number of aliphatic carboxylic acids is 1. The molecular formula is C25H45N3O4. The first-order valence-electron chi connectivity index (χ1n) is 12.2. The average Bonchev–Trinajstić information content (AvgIpc) is 2.78. The lowest BCUT2D eigenvalue weighted by Crippen LogP contribution is -2.59. The van der Waals surface area contributed by atoms with Crippen LogP contribution in [0.4, 0.5) is 0 Å². The van der Waals surface area contributed by atoms with E-state index in [9.17, 15) is 19.5 Å². The summed E-state index contributed by atoms with van der Waals surface area (Å²) < 4.78 is 0. The van der Waals surface area contributed by atoms with Crippen molar-refractivity contribution in [1.29, 1.82) is 0 Å². The topological polar surface area (TPSA) is 90.0 Å². The summed E-state index contributed by atoms with van der Waals surface area (Å²) in [6.07, 6.45) is 6.28. The van der Waals surface area contributed by atoms with Crippen LogP contribution >= 0.6 is 0 Å². The molecule has 1 aliphatic heterocycles. The quantitative estimate of drug-likeness (QED) is 0.468. The number of likely N-dealkylation sites (tertiary alicyclic amines) is 1. The number of carbonyl (C=O) groups is 3. The molecule has 0 radical (unpaired) electrons. The highest BCUT2D eigenvalue weighted by Gasteiger charge is 2.36. The minimum absolute atomic E-state index is 0.0331. The number of hydrogen-bond acceptors (Lipinski definition) is 4. The monoisotopic (exact) mass is 451 g/mol. The molecule has 2 unspecified atom stereocenters. The van der Waals surface area contributed by atoms with Gasteiger partial charge in [-0.05, 0) is 51.5 Å². The standard InChI is InChI=1S/C25H45N3O4/c1-9-17(5)22(24(30)27(8)21(16(3)4)15-18(6)25(31)32)26-23(29)20-13-11-12-14-28(20)19(7)10-2/h15-17,19-22H,9-14H2,1-8H3,(H,26,29)(H,31,32)/t17-,19?,20?,21-,22-/m1/s1. The van der Waals surface area contributed by atoms with Crippen molar-refractivity contribution < 1.29 is 19.5 Å². The second kappa shape index (κ2) is 13.0. The maximum atomic E-state index is 13.6. The van der Waals surface area contributed by atoms with Crippen LogP contribution < -0.4 is 5.32 Å². The van der Waals surface area contributed by atoms with Gasteiger partial charge in [-0.1, -0.05) is 53.5 Å². The van der Waals surface area contributed by atoms with Crippen molar-refractivity contribution >= 4 is 17.8 Å². The molecule has 1 fully saturated rings. The smallest absolute Gasteiger partial charge is 0.331 e. The number of nitrogens with zero attached hydrogens (tertiary/aromatic N) is 2. The molecule has 0 saturated carbocycles. The number of piperidine rings is 1. The zero-order chi connectivity index (χ0) is 24.6. The van der Waals surface area contributed by atoms with Crippen molar-refractivity contribution in [3.8, 4) is 0 Å². The fraction of sp³-hybridized carbons (Fsp3) is 0.800. The molecule has 2 amide bonds. The van der Waals surface area contributed by atoms with Gasteiger partial charge in [0.1, 0.15) is 6.04 Å². The van der Waals surface area contributed by atoms with Crippen LogP contribution in [0.25, 0.3) is 0 Å². The van der Waals surface area contributed by atoms with Gasteiger partial charge < -0.3 is 15.3 Å². The Balaban J connectivity index is 3.13. The van der Waals surface area contributed by atoms with E-state index in [0.29, 0.717) is 6.04 Å². The van der Waals surface area contributed by atoms with Gasteiger partial charge in [-0.25, -0.2) is 4.79 Å². The van der Waals surface area contributed by atoms with Crippen LogP contribution in [0, 0.1) is 11.8 Å². The number of carbonyl (C=O) groups excluding carboxylic acids is 2. The largest absolute Gasteiger partial charge is 0.478 e. The third kappa shape index (κ3) is 7.32. The van der Waals surface area contributed by atoms with E-state index in [1.807, 2.05) is 27.7 Å². The van der Waals surface area contributed by atoms with E-state index >= 15 is 0 Å². The first-order valence-corrected chi connectivity index (χ1v) is 12.2. The van der Waals surface area contributed by atoms with Crippen LogP contribution in [-0.2, 0) is 14.4 Å². The molecule has 184 valence electrons. The second-order valence-corrected chi connectivity index (χ2v) is 9.72. The number of carboxylic acids is 1. The van der Waals surface area contributed by atoms with Crippen LogP contribution in [0.3, 0.4) is 0 Å². The zero-order valence-corrected chi connectivity index (χ0v) is 21.4. The number of amides is 2. The van der Waals surface area contributed by atoms with Crippen LogP contribution in [0.5, 0.6) is 0 Å². The zero-order valence-electron chi connectivity index (χ0n) is 21.4. The van der Waals surface area contributed by atoms with Gasteiger partial charge in [0, 0.05) is 18.7 Å². The highest BCUT2D eigenvalue weighted by Crippen LogP contribution is 2.23. The maximum absolute atomic E-state index is 13.6. The third-order valence-corrected chi connectivity index (χ3v) is 7.02. The number of hydrogen-bond donors (Lipinski definition) is 2. The maximum Gasteiger partial charge on any atom is 0.331 e. The van der Waals surface area contributed by atoms with E-state index in [-0.39, 0.29) is 41.3 Å². The molecule has 5 atom stereocenters. The van der Waals surface area contributed by atoms with Crippen molar-refractivity contribution in [2.45, 2.75) is 105 Å². The Morgan fingerprint density at radius 2 is 1.75 bits per heavy atom. The summed E-state index contributed by atoms with van der Waals surface area (Å²) in [4.78, 5) is 42.1. The fourth-order valence-electron chi connectivity index (χ4n) is 4.38. The first-order chi connectivity index (χ1) is 15.0. The van der Waals surface area contributed by atoms with E-state index in [1.54, 1.807) is 18.0 Å². The average molecular weight is 452 g/mol. The summed E-state index contributed by atoms with van der Waals surface area (Å²) in [5.74, 6) is -1.24. The van der Waals surface area contributed by atoms with Crippen molar-refractivity contribution in [3.63, 3.8) is 0 Å². The predicted octanol–water partition coefficient (Wildman–Crippen LogP) is 3.68. The van der Waals surface area contributed by atoms with Gasteiger partial charge in [0.05, 0.1) is 12.1 Å². The van der Waals surface area contributed by atoms with Gasteiger partial charge in [-0.2, -0.15) is 0 Å². The van der Waals surface area contributed by atoms with E-state index < -0.39 is 12.0 Å². The molecule has 1 rings (SSSR count). The van der Waals surface area contributed by atoms with Crippen LogP contribution in [0.2, 0.25) is 0 Å². The minimum atomic E-state index is -0.995. The number of rotatable bonds is 11. The summed E-state index contributed by atoms with van der Waals surface area (Å²) in [6.45, 7) is 14.6. The molecule has 0 spiro atoms. The highest BCUT2D eigenvalue weighted by atomic mass is 16.4. The lowest BCUT2D eigenvalue weighted by Gasteiger charge is -2.40. The molecule has 2 N–H and O–H groups in total. The van der Waals surface area contributed by atoms with Crippen molar-refractivity contribution in [3.05, 3.63) is 11.6 Å². The Bertz CT molecular complexity index is 676. The number of likely N-dealkylation sites (N-methyl/N-ethyl adjacent to an activating group) is 1. The van der Waals surface area contributed by atoms with Gasteiger partial charge in [0.15, 0.2) is 0 Å². The number of nitrogens with one attached hydrogen (secondary N) is 1. The molecule has 0 aromatic carbocycles. The van der Waals surface area contributed by atoms with Crippen LogP contribution in [-0.4, -0.2) is 70.4 Å². The summed E-state index contributed by atoms with van der Waals surface area (Å²) in [5.41, 5.74) is 0.207. The van der Waals surface area contributed by atoms with Crippen molar-refractivity contribution in [1.82, 2.24) is 15.1 Å². The van der Waals surface area contributed by atoms with Crippen molar-refractivity contribution in [2.24, 2.45) is 11.8 Å². The lowest BCUT2D eigenvalue weighted by atomic mass is 9.93. The SMILES string of the molecule is CCC(C)N1CCCCC1C(=O)N[C@@H](C(=O)N(C)[C@H](C=C(C)C(=O)O)C(C)C)[C@H](C)CC. The van der Waals surface area contributed by atoms with Gasteiger partial charge >= 0.3 is 5.97 Å². The molecule has 32 heavy (non-hydrogen) atoms. The Hall–Kier alpha value is -1.89. The molecule has 0 aromatic heterocycles. The minimum Gasteiger partial charge on any atom is -0.478 e. The van der Waals surface area contributed by atoms with Crippen molar-refractivity contribution in [2.75, 3.05) is 13.6 Å². The molecule has 0 aliphatic carbocycles. The van der Waals surface area contributed by atoms with Gasteiger partial charge in [0.25, 0.3) is 0 Å². The van der Waals surface area contributed by atoms with Crippen LogP contribution in [0.15, 0.2) is 11.6 Å². The summed E-state index contributed by atoms with van der Waals surface area (Å²) in [7, 11) is 1.70. The Labute approximate surface area is 194 Å². The van der Waals surface area contributed by atoms with E-state index in [1.165, 1.54) is 6.92 Å². The molecule has 1 heterocycles. The molecule has 1 aliphatic rings. The molecule has 1 saturated heterocycles. The Morgan fingerprint density at radius 3 is 2.25 bits per heavy atom. The molecule has 0 aromatic rings. The fourth-order valence-corrected chi connectivity index (χ4v) is 4.38. The molecular weight excluding hydrogens is 406 g/mol. The summed E-state index contributed by atoms with van der Waals surface area (Å²) >= 11 is 0. The van der Waals surface area contributed by atoms with E-state index in [2.05, 4.69) is 24.1 Å². The highest BCUT2D eigenvalue weighted by molar-refractivity contribution is 5.90. The molecule has 7 nitrogen and oxygen atoms in total. The summed E-state index contributed by atoms with van der Waals surface area (Å²) in [6, 6.07) is -0.898. The lowest BCUT2D eigenvalue weighted by molar-refractivity contribution is -0.140. The van der Waals surface area contributed by atoms with Gasteiger partial charge in [-0.15, -0.1) is 0 Å². The molecule has 0 bridgehead atoms. The third-order valence-electron chi connectivity index (χ3n) is 7.02. The van der Waals surface area contributed by atoms with E-state index in [0.717, 1.165) is 38.6 Å². The van der Waals surface area contributed by atoms with Crippen LogP contribution in [0.1, 0.15) is 80.6 Å². The summed E-state index contributed by atoms with van der Waals surface area (Å²) in [5, 5.41) is 12.4. The normalized spacial score (nSPS) is 21.5.